The molecule has 0 unspecified atom stereocenters. The predicted molar refractivity (Wildman–Crippen MR) is 149 cm³/mol. The molecule has 0 atom stereocenters. The second-order valence-electron chi connectivity index (χ2n) is 8.95. The van der Waals surface area contributed by atoms with Gasteiger partial charge in [-0.05, 0) is 70.6 Å². The molecule has 2 amide bonds. The number of nitrogens with one attached hydrogen (secondary N) is 1. The van der Waals surface area contributed by atoms with E-state index in [4.69, 9.17) is 4.74 Å². The Morgan fingerprint density at radius 1 is 0.947 bits per heavy atom. The summed E-state index contributed by atoms with van der Waals surface area (Å²) < 4.78 is 21.4. The van der Waals surface area contributed by atoms with Crippen molar-refractivity contribution in [1.29, 1.82) is 0 Å². The van der Waals surface area contributed by atoms with Gasteiger partial charge in [0.1, 0.15) is 11.6 Å². The molecule has 1 aromatic heterocycles. The molecule has 10 heteroatoms. The highest BCUT2D eigenvalue weighted by Crippen LogP contribution is 2.20. The van der Waals surface area contributed by atoms with Crippen LogP contribution < -0.4 is 10.3 Å². The average Bonchev–Trinajstić information content (AvgIpc) is 2.95. The molecule has 0 spiro atoms. The van der Waals surface area contributed by atoms with Crippen LogP contribution in [0.25, 0.3) is 10.8 Å². The summed E-state index contributed by atoms with van der Waals surface area (Å²) in [6.45, 7) is 1.19. The van der Waals surface area contributed by atoms with Gasteiger partial charge in [-0.25, -0.2) is 9.49 Å². The number of fused-ring (bicyclic) bond motifs is 1. The first-order valence-corrected chi connectivity index (χ1v) is 13.2. The predicted octanol–water partition coefficient (Wildman–Crippen LogP) is 3.62. The van der Waals surface area contributed by atoms with E-state index in [9.17, 15) is 18.8 Å². The van der Waals surface area contributed by atoms with Crippen molar-refractivity contribution < 1.29 is 18.7 Å². The van der Waals surface area contributed by atoms with Crippen LogP contribution in [0.4, 0.5) is 4.39 Å². The van der Waals surface area contributed by atoms with E-state index in [0.717, 1.165) is 3.57 Å². The van der Waals surface area contributed by atoms with Gasteiger partial charge in [0.2, 0.25) is 0 Å². The topological polar surface area (TPSA) is 95.6 Å². The molecule has 1 N–H and O–H groups in total. The number of aromatic amines is 1. The molecule has 0 aliphatic carbocycles. The fraction of sp³-hybridized carbons (Fsp3) is 0.214. The summed E-state index contributed by atoms with van der Waals surface area (Å²) in [5, 5.41) is 7.91. The Morgan fingerprint density at radius 2 is 1.63 bits per heavy atom. The first-order chi connectivity index (χ1) is 18.4. The summed E-state index contributed by atoms with van der Waals surface area (Å²) in [4.78, 5) is 41.0. The van der Waals surface area contributed by atoms with E-state index in [0.29, 0.717) is 60.4 Å². The maximum Gasteiger partial charge on any atom is 0.272 e. The van der Waals surface area contributed by atoms with Gasteiger partial charge in [0.15, 0.2) is 6.61 Å². The number of H-pyrrole nitrogens is 1. The molecular weight excluding hydrogens is 602 g/mol. The molecule has 3 aromatic carbocycles. The number of benzene rings is 3. The van der Waals surface area contributed by atoms with E-state index >= 15 is 0 Å². The van der Waals surface area contributed by atoms with Crippen LogP contribution in [-0.2, 0) is 11.2 Å². The third kappa shape index (κ3) is 5.69. The standard InChI is InChI=1S/C28H24FIN4O4/c29-24-10-5-18(16-25-21-3-1-2-4-22(21)27(36)32-31-25)15-23(24)28(37)34-13-11-33(12-14-34)26(35)17-38-20-8-6-19(30)7-9-20/h1-10,15H,11-14,16-17H2,(H,32,36). The molecule has 0 radical (unpaired) electrons. The summed E-state index contributed by atoms with van der Waals surface area (Å²) in [7, 11) is 0. The van der Waals surface area contributed by atoms with Crippen LogP contribution in [0, 0.1) is 9.39 Å². The van der Waals surface area contributed by atoms with Crippen LogP contribution in [0.15, 0.2) is 71.5 Å². The Morgan fingerprint density at radius 3 is 2.37 bits per heavy atom. The zero-order valence-electron chi connectivity index (χ0n) is 20.3. The molecule has 4 aromatic rings. The number of carbonyl (C=O) groups is 2. The molecule has 38 heavy (non-hydrogen) atoms. The largest absolute Gasteiger partial charge is 0.484 e. The monoisotopic (exact) mass is 626 g/mol. The number of nitrogens with zero attached hydrogens (tertiary/aromatic N) is 3. The maximum absolute atomic E-state index is 14.7. The van der Waals surface area contributed by atoms with Crippen LogP contribution in [0.2, 0.25) is 0 Å². The Hall–Kier alpha value is -3.80. The highest BCUT2D eigenvalue weighted by atomic mass is 127. The summed E-state index contributed by atoms with van der Waals surface area (Å²) in [5.41, 5.74) is 1.02. The zero-order chi connectivity index (χ0) is 26.6. The highest BCUT2D eigenvalue weighted by molar-refractivity contribution is 14.1. The lowest BCUT2D eigenvalue weighted by Gasteiger charge is -2.34. The van der Waals surface area contributed by atoms with E-state index in [1.54, 1.807) is 28.0 Å². The molecule has 1 saturated heterocycles. The number of ether oxygens (including phenoxy) is 1. The van der Waals surface area contributed by atoms with Crippen LogP contribution in [-0.4, -0.2) is 64.6 Å². The minimum Gasteiger partial charge on any atom is -0.484 e. The minimum atomic E-state index is -0.609. The van der Waals surface area contributed by atoms with Gasteiger partial charge in [0, 0.05) is 41.6 Å². The number of hydrogen-bond donors (Lipinski definition) is 1. The number of halogens is 2. The van der Waals surface area contributed by atoms with Gasteiger partial charge >= 0.3 is 0 Å². The first kappa shape index (κ1) is 25.8. The normalized spacial score (nSPS) is 13.5. The quantitative estimate of drug-likeness (QED) is 0.330. The van der Waals surface area contributed by atoms with Crippen LogP contribution in [0.1, 0.15) is 21.6 Å². The highest BCUT2D eigenvalue weighted by Gasteiger charge is 2.27. The number of aromatic nitrogens is 2. The van der Waals surface area contributed by atoms with Gasteiger partial charge in [-0.1, -0.05) is 24.3 Å². The Bertz CT molecular complexity index is 1550. The van der Waals surface area contributed by atoms with Gasteiger partial charge < -0.3 is 14.5 Å². The van der Waals surface area contributed by atoms with Gasteiger partial charge in [-0.15, -0.1) is 0 Å². The van der Waals surface area contributed by atoms with Crippen molar-refractivity contribution in [3.8, 4) is 5.75 Å². The second kappa shape index (κ2) is 11.3. The lowest BCUT2D eigenvalue weighted by molar-refractivity contribution is -0.134. The van der Waals surface area contributed by atoms with Crippen molar-refractivity contribution in [2.24, 2.45) is 0 Å². The number of piperazine rings is 1. The molecule has 5 rings (SSSR count). The second-order valence-corrected chi connectivity index (χ2v) is 10.2. The van der Waals surface area contributed by atoms with Crippen LogP contribution in [0.3, 0.4) is 0 Å². The average molecular weight is 626 g/mol. The molecule has 0 bridgehead atoms. The number of carbonyl (C=O) groups excluding carboxylic acids is 2. The zero-order valence-corrected chi connectivity index (χ0v) is 22.5. The molecule has 1 aliphatic heterocycles. The van der Waals surface area contributed by atoms with E-state index in [-0.39, 0.29) is 23.6 Å². The van der Waals surface area contributed by atoms with Crippen LogP contribution >= 0.6 is 22.6 Å². The minimum absolute atomic E-state index is 0.0296. The van der Waals surface area contributed by atoms with Crippen molar-refractivity contribution in [3.63, 3.8) is 0 Å². The number of amides is 2. The lowest BCUT2D eigenvalue weighted by Crippen LogP contribution is -2.51. The smallest absolute Gasteiger partial charge is 0.272 e. The van der Waals surface area contributed by atoms with E-state index < -0.39 is 11.7 Å². The molecule has 1 aliphatic rings. The van der Waals surface area contributed by atoms with E-state index in [2.05, 4.69) is 32.8 Å². The van der Waals surface area contributed by atoms with Crippen molar-refractivity contribution in [2.45, 2.75) is 6.42 Å². The van der Waals surface area contributed by atoms with Crippen molar-refractivity contribution in [1.82, 2.24) is 20.0 Å². The van der Waals surface area contributed by atoms with Gasteiger partial charge in [0.05, 0.1) is 16.6 Å². The number of rotatable bonds is 6. The van der Waals surface area contributed by atoms with E-state index in [1.807, 2.05) is 36.4 Å². The van der Waals surface area contributed by atoms with Gasteiger partial charge in [-0.3, -0.25) is 14.4 Å². The maximum atomic E-state index is 14.7. The molecule has 2 heterocycles. The first-order valence-electron chi connectivity index (χ1n) is 12.1. The third-order valence-corrected chi connectivity index (χ3v) is 7.22. The molecular formula is C28H24FIN4O4. The molecule has 8 nitrogen and oxygen atoms in total. The fourth-order valence-electron chi connectivity index (χ4n) is 4.44. The van der Waals surface area contributed by atoms with Crippen molar-refractivity contribution in [3.05, 3.63) is 103 Å². The Balaban J connectivity index is 1.22. The number of hydrogen-bond acceptors (Lipinski definition) is 5. The van der Waals surface area contributed by atoms with Crippen molar-refractivity contribution >= 4 is 45.2 Å². The fourth-order valence-corrected chi connectivity index (χ4v) is 4.80. The van der Waals surface area contributed by atoms with Crippen molar-refractivity contribution in [2.75, 3.05) is 32.8 Å². The molecule has 194 valence electrons. The lowest BCUT2D eigenvalue weighted by atomic mass is 10.0. The summed E-state index contributed by atoms with van der Waals surface area (Å²) in [6.07, 6.45) is 0.320. The molecule has 0 saturated carbocycles. The van der Waals surface area contributed by atoms with Gasteiger partial charge in [-0.2, -0.15) is 5.10 Å². The summed E-state index contributed by atoms with van der Waals surface area (Å²) in [5.74, 6) is -0.578. The van der Waals surface area contributed by atoms with Crippen LogP contribution in [0.5, 0.6) is 5.75 Å². The Labute approximate surface area is 231 Å². The summed E-state index contributed by atoms with van der Waals surface area (Å²) >= 11 is 2.20. The Kier molecular flexibility index (Phi) is 7.68. The summed E-state index contributed by atoms with van der Waals surface area (Å²) in [6, 6.07) is 19.0. The molecule has 1 fully saturated rings. The SMILES string of the molecule is O=C(COc1ccc(I)cc1)N1CCN(C(=O)c2cc(Cc3n[nH]c(=O)c4ccccc34)ccc2F)CC1. The third-order valence-electron chi connectivity index (χ3n) is 6.50. The van der Waals surface area contributed by atoms with Gasteiger partial charge in [0.25, 0.3) is 17.4 Å². The van der Waals surface area contributed by atoms with E-state index in [1.165, 1.54) is 12.1 Å².